The van der Waals surface area contributed by atoms with Gasteiger partial charge in [0.15, 0.2) is 0 Å². The maximum absolute atomic E-state index is 11.7. The molecule has 0 bridgehead atoms. The van der Waals surface area contributed by atoms with Crippen LogP contribution >= 0.6 is 0 Å². The molecule has 1 rings (SSSR count). The first-order valence-electron chi connectivity index (χ1n) is 12.6. The van der Waals surface area contributed by atoms with Gasteiger partial charge >= 0.3 is 11.9 Å². The fourth-order valence-electron chi connectivity index (χ4n) is 3.96. The molecule has 0 saturated heterocycles. The van der Waals surface area contributed by atoms with Gasteiger partial charge in [0.1, 0.15) is 6.10 Å². The van der Waals surface area contributed by atoms with Crippen LogP contribution in [0.15, 0.2) is 30.3 Å². The number of carbonyl (C=O) groups is 2. The van der Waals surface area contributed by atoms with Gasteiger partial charge in [0.2, 0.25) is 0 Å². The molecule has 5 nitrogen and oxygen atoms in total. The lowest BCUT2D eigenvalue weighted by Gasteiger charge is -2.24. The summed E-state index contributed by atoms with van der Waals surface area (Å²) in [6, 6.07) is 10.1. The summed E-state index contributed by atoms with van der Waals surface area (Å²) in [5.41, 5.74) is 1.14. The molecule has 0 aliphatic carbocycles. The fraction of sp³-hybridized carbons (Fsp3) is 0.704. The number of hydrogen-bond donors (Lipinski definition) is 1. The molecule has 0 aliphatic rings. The third-order valence-corrected chi connectivity index (χ3v) is 5.73. The Balaban J connectivity index is 2.53. The molecule has 32 heavy (non-hydrogen) atoms. The monoisotopic (exact) mass is 448 g/mol. The van der Waals surface area contributed by atoms with Crippen LogP contribution in [0.4, 0.5) is 0 Å². The quantitative estimate of drug-likeness (QED) is 0.171. The lowest BCUT2D eigenvalue weighted by atomic mass is 9.99. The lowest BCUT2D eigenvalue weighted by Crippen LogP contribution is -2.25. The standard InChI is InChI=1S/C27H44O5/c1-3-4-5-6-7-14-19-26(32-23(2)28)21-25(18-13-8-9-15-20-27(29)30)31-22-24-16-11-10-12-17-24/h10-12,16-17,25-26H,3-9,13-15,18-22H2,1-2H3,(H,29,30). The first kappa shape index (κ1) is 28.2. The van der Waals surface area contributed by atoms with E-state index in [1.165, 1.54) is 39.0 Å². The summed E-state index contributed by atoms with van der Waals surface area (Å²) in [4.78, 5) is 22.3. The van der Waals surface area contributed by atoms with Crippen LogP contribution in [0, 0.1) is 0 Å². The number of aliphatic carboxylic acids is 1. The SMILES string of the molecule is CCCCCCCCC(CC(CCCCCCC(=O)O)OCc1ccccc1)OC(C)=O. The highest BCUT2D eigenvalue weighted by Crippen LogP contribution is 2.21. The van der Waals surface area contributed by atoms with E-state index >= 15 is 0 Å². The maximum atomic E-state index is 11.7. The summed E-state index contributed by atoms with van der Waals surface area (Å²) in [6.45, 7) is 4.25. The van der Waals surface area contributed by atoms with Crippen LogP contribution < -0.4 is 0 Å². The molecule has 0 aromatic heterocycles. The van der Waals surface area contributed by atoms with Crippen LogP contribution in [0.3, 0.4) is 0 Å². The smallest absolute Gasteiger partial charge is 0.303 e. The number of unbranched alkanes of at least 4 members (excludes halogenated alkanes) is 8. The number of benzene rings is 1. The first-order valence-corrected chi connectivity index (χ1v) is 12.6. The molecule has 0 amide bonds. The third kappa shape index (κ3) is 15.9. The molecule has 5 heteroatoms. The van der Waals surface area contributed by atoms with Gasteiger partial charge in [-0.25, -0.2) is 0 Å². The molecule has 0 aliphatic heterocycles. The van der Waals surface area contributed by atoms with Crippen LogP contribution in [0.5, 0.6) is 0 Å². The number of esters is 1. The number of carbonyl (C=O) groups excluding carboxylic acids is 1. The zero-order chi connectivity index (χ0) is 23.4. The Morgan fingerprint density at radius 2 is 1.44 bits per heavy atom. The van der Waals surface area contributed by atoms with Crippen molar-refractivity contribution in [2.75, 3.05) is 0 Å². The van der Waals surface area contributed by atoms with Crippen molar-refractivity contribution < 1.29 is 24.2 Å². The van der Waals surface area contributed by atoms with E-state index in [1.807, 2.05) is 18.2 Å². The highest BCUT2D eigenvalue weighted by Gasteiger charge is 2.19. The Labute approximate surface area is 194 Å². The van der Waals surface area contributed by atoms with Crippen molar-refractivity contribution in [3.63, 3.8) is 0 Å². The minimum absolute atomic E-state index is 0.0270. The average Bonchev–Trinajstić information content (AvgIpc) is 2.76. The second kappa shape index (κ2) is 18.7. The van der Waals surface area contributed by atoms with Crippen molar-refractivity contribution in [1.82, 2.24) is 0 Å². The van der Waals surface area contributed by atoms with Gasteiger partial charge in [0, 0.05) is 19.8 Å². The number of hydrogen-bond acceptors (Lipinski definition) is 4. The van der Waals surface area contributed by atoms with E-state index in [9.17, 15) is 9.59 Å². The summed E-state index contributed by atoms with van der Waals surface area (Å²) >= 11 is 0. The van der Waals surface area contributed by atoms with Crippen molar-refractivity contribution in [2.24, 2.45) is 0 Å². The predicted molar refractivity (Wildman–Crippen MR) is 129 cm³/mol. The highest BCUT2D eigenvalue weighted by molar-refractivity contribution is 5.66. The minimum atomic E-state index is -0.729. The van der Waals surface area contributed by atoms with Crippen molar-refractivity contribution in [3.8, 4) is 0 Å². The van der Waals surface area contributed by atoms with E-state index in [1.54, 1.807) is 0 Å². The van der Waals surface area contributed by atoms with Gasteiger partial charge < -0.3 is 14.6 Å². The Morgan fingerprint density at radius 1 is 0.844 bits per heavy atom. The van der Waals surface area contributed by atoms with E-state index in [4.69, 9.17) is 14.6 Å². The number of carboxylic acid groups (broad SMARTS) is 1. The molecule has 1 aromatic carbocycles. The lowest BCUT2D eigenvalue weighted by molar-refractivity contribution is -0.149. The summed E-state index contributed by atoms with van der Waals surface area (Å²) in [5, 5.41) is 8.78. The van der Waals surface area contributed by atoms with Gasteiger partial charge in [-0.1, -0.05) is 88.6 Å². The molecular weight excluding hydrogens is 404 g/mol. The van der Waals surface area contributed by atoms with E-state index in [-0.39, 0.29) is 24.6 Å². The normalized spacial score (nSPS) is 12.9. The second-order valence-corrected chi connectivity index (χ2v) is 8.79. The van der Waals surface area contributed by atoms with Gasteiger partial charge in [-0.15, -0.1) is 0 Å². The van der Waals surface area contributed by atoms with Gasteiger partial charge in [0.25, 0.3) is 0 Å². The van der Waals surface area contributed by atoms with E-state index in [0.717, 1.165) is 56.9 Å². The maximum Gasteiger partial charge on any atom is 0.303 e. The molecular formula is C27H44O5. The Kier molecular flexibility index (Phi) is 16.4. The Bertz CT molecular complexity index is 601. The van der Waals surface area contributed by atoms with Gasteiger partial charge in [-0.05, 0) is 31.2 Å². The van der Waals surface area contributed by atoms with Crippen LogP contribution in [-0.4, -0.2) is 29.3 Å². The number of rotatable bonds is 20. The molecule has 2 atom stereocenters. The average molecular weight is 449 g/mol. The molecule has 1 aromatic rings. The first-order chi connectivity index (χ1) is 15.5. The summed E-state index contributed by atoms with van der Waals surface area (Å²) in [6.07, 6.45) is 13.6. The van der Waals surface area contributed by atoms with Gasteiger partial charge in [-0.2, -0.15) is 0 Å². The van der Waals surface area contributed by atoms with E-state index < -0.39 is 5.97 Å². The zero-order valence-corrected chi connectivity index (χ0v) is 20.2. The van der Waals surface area contributed by atoms with Crippen LogP contribution in [0.25, 0.3) is 0 Å². The number of carboxylic acids is 1. The topological polar surface area (TPSA) is 72.8 Å². The Morgan fingerprint density at radius 3 is 2.06 bits per heavy atom. The summed E-state index contributed by atoms with van der Waals surface area (Å²) in [7, 11) is 0. The predicted octanol–water partition coefficient (Wildman–Crippen LogP) is 7.07. The van der Waals surface area contributed by atoms with Crippen molar-refractivity contribution in [2.45, 2.75) is 123 Å². The van der Waals surface area contributed by atoms with E-state index in [0.29, 0.717) is 6.61 Å². The number of ether oxygens (including phenoxy) is 2. The van der Waals surface area contributed by atoms with Crippen LogP contribution in [-0.2, 0) is 25.7 Å². The molecule has 1 N–H and O–H groups in total. The second-order valence-electron chi connectivity index (χ2n) is 8.79. The molecule has 0 radical (unpaired) electrons. The van der Waals surface area contributed by atoms with Crippen molar-refractivity contribution in [3.05, 3.63) is 35.9 Å². The van der Waals surface area contributed by atoms with Crippen molar-refractivity contribution >= 4 is 11.9 Å². The van der Waals surface area contributed by atoms with Crippen LogP contribution in [0.1, 0.15) is 109 Å². The molecule has 0 fully saturated rings. The van der Waals surface area contributed by atoms with Crippen molar-refractivity contribution in [1.29, 1.82) is 0 Å². The molecule has 0 spiro atoms. The molecule has 182 valence electrons. The summed E-state index contributed by atoms with van der Waals surface area (Å²) < 4.78 is 11.9. The zero-order valence-electron chi connectivity index (χ0n) is 20.2. The van der Waals surface area contributed by atoms with Crippen LogP contribution in [0.2, 0.25) is 0 Å². The van der Waals surface area contributed by atoms with E-state index in [2.05, 4.69) is 19.1 Å². The fourth-order valence-corrected chi connectivity index (χ4v) is 3.96. The minimum Gasteiger partial charge on any atom is -0.481 e. The largest absolute Gasteiger partial charge is 0.481 e. The highest BCUT2D eigenvalue weighted by atomic mass is 16.5. The molecule has 2 unspecified atom stereocenters. The third-order valence-electron chi connectivity index (χ3n) is 5.73. The molecule has 0 heterocycles. The Hall–Kier alpha value is -1.88. The van der Waals surface area contributed by atoms with Gasteiger partial charge in [-0.3, -0.25) is 9.59 Å². The van der Waals surface area contributed by atoms with Gasteiger partial charge in [0.05, 0.1) is 12.7 Å². The summed E-state index contributed by atoms with van der Waals surface area (Å²) in [5.74, 6) is -0.954. The molecule has 0 saturated carbocycles.